The predicted octanol–water partition coefficient (Wildman–Crippen LogP) is 6.49. The number of hydrogen-bond donors (Lipinski definition) is 2. The normalized spacial score (nSPS) is 18.0. The van der Waals surface area contributed by atoms with E-state index in [-0.39, 0.29) is 0 Å². The molecule has 7 nitrogen and oxygen atoms in total. The SMILES string of the molecule is C=C/C(=C\C(=C/C)c1ccc2[nH]nc(-c3nc4c(N5CCCCC5)cncc4[nH]3)c2c1)CN1CCCCC1. The van der Waals surface area contributed by atoms with E-state index in [9.17, 15) is 0 Å². The fraction of sp³-hybridized carbons (Fsp3) is 0.387. The number of pyridine rings is 1. The van der Waals surface area contributed by atoms with E-state index in [4.69, 9.17) is 4.98 Å². The summed E-state index contributed by atoms with van der Waals surface area (Å²) >= 11 is 0. The monoisotopic (exact) mass is 507 g/mol. The maximum atomic E-state index is 5.04. The van der Waals surface area contributed by atoms with Crippen LogP contribution in [0.1, 0.15) is 51.0 Å². The van der Waals surface area contributed by atoms with E-state index in [1.54, 1.807) is 0 Å². The first kappa shape index (κ1) is 24.6. The van der Waals surface area contributed by atoms with E-state index in [2.05, 4.69) is 73.8 Å². The second-order valence-electron chi connectivity index (χ2n) is 10.5. The zero-order valence-corrected chi connectivity index (χ0v) is 22.3. The number of allylic oxidation sites excluding steroid dienone is 3. The fourth-order valence-electron chi connectivity index (χ4n) is 5.85. The molecule has 2 N–H and O–H groups in total. The molecule has 0 unspecified atom stereocenters. The molecule has 0 amide bonds. The lowest BCUT2D eigenvalue weighted by Crippen LogP contribution is -2.31. The topological polar surface area (TPSA) is 76.7 Å². The molecule has 5 heterocycles. The van der Waals surface area contributed by atoms with Gasteiger partial charge in [0.2, 0.25) is 0 Å². The lowest BCUT2D eigenvalue weighted by Gasteiger charge is -2.28. The van der Waals surface area contributed by atoms with Crippen LogP contribution in [0.15, 0.2) is 61.0 Å². The van der Waals surface area contributed by atoms with E-state index in [1.807, 2.05) is 18.5 Å². The van der Waals surface area contributed by atoms with Crippen molar-refractivity contribution in [1.82, 2.24) is 30.0 Å². The van der Waals surface area contributed by atoms with Gasteiger partial charge >= 0.3 is 0 Å². The molecule has 0 saturated carbocycles. The van der Waals surface area contributed by atoms with Crippen LogP contribution in [0, 0.1) is 0 Å². The molecule has 38 heavy (non-hydrogen) atoms. The highest BCUT2D eigenvalue weighted by molar-refractivity contribution is 5.97. The van der Waals surface area contributed by atoms with Crippen LogP contribution in [0.25, 0.3) is 39.0 Å². The standard InChI is InChI=1S/C31H37N7/c1-3-22(21-37-13-7-5-8-14-37)17-23(4-2)24-11-12-26-25(18-24)29(36-35-26)31-33-27-19-32-20-28(30(27)34-31)38-15-9-6-10-16-38/h3-4,11-12,17-20H,1,5-10,13-16,21H2,2H3,(H,33,34)(H,35,36)/b22-17+,23-4+. The van der Waals surface area contributed by atoms with E-state index in [0.29, 0.717) is 0 Å². The Hall–Kier alpha value is -3.71. The fourth-order valence-corrected chi connectivity index (χ4v) is 5.85. The average molecular weight is 508 g/mol. The largest absolute Gasteiger partial charge is 0.368 e. The van der Waals surface area contributed by atoms with Crippen LogP contribution in [-0.2, 0) is 0 Å². The number of H-pyrrole nitrogens is 2. The van der Waals surface area contributed by atoms with Gasteiger partial charge < -0.3 is 9.88 Å². The van der Waals surface area contributed by atoms with Gasteiger partial charge in [0.15, 0.2) is 5.82 Å². The summed E-state index contributed by atoms with van der Waals surface area (Å²) < 4.78 is 0. The molecule has 2 aliphatic heterocycles. The van der Waals surface area contributed by atoms with Crippen LogP contribution < -0.4 is 4.90 Å². The third-order valence-corrected chi connectivity index (χ3v) is 7.96. The molecule has 6 rings (SSSR count). The first-order chi connectivity index (χ1) is 18.7. The number of aromatic amines is 2. The van der Waals surface area contributed by atoms with Gasteiger partial charge in [0, 0.05) is 25.0 Å². The molecule has 0 aliphatic carbocycles. The third-order valence-electron chi connectivity index (χ3n) is 7.96. The first-order valence-electron chi connectivity index (χ1n) is 14.0. The van der Waals surface area contributed by atoms with E-state index >= 15 is 0 Å². The summed E-state index contributed by atoms with van der Waals surface area (Å²) in [7, 11) is 0. The minimum absolute atomic E-state index is 0.768. The highest BCUT2D eigenvalue weighted by atomic mass is 15.2. The van der Waals surface area contributed by atoms with Crippen molar-refractivity contribution in [2.45, 2.75) is 45.4 Å². The second-order valence-corrected chi connectivity index (χ2v) is 10.5. The highest BCUT2D eigenvalue weighted by Crippen LogP contribution is 2.32. The van der Waals surface area contributed by atoms with Gasteiger partial charge in [0.1, 0.15) is 11.2 Å². The lowest BCUT2D eigenvalue weighted by molar-refractivity contribution is 0.248. The highest BCUT2D eigenvalue weighted by Gasteiger charge is 2.19. The van der Waals surface area contributed by atoms with Crippen LogP contribution in [0.3, 0.4) is 0 Å². The van der Waals surface area contributed by atoms with Crippen molar-refractivity contribution in [3.8, 4) is 11.5 Å². The summed E-state index contributed by atoms with van der Waals surface area (Å²) in [5.74, 6) is 0.768. The number of aromatic nitrogens is 5. The number of fused-ring (bicyclic) bond motifs is 2. The van der Waals surface area contributed by atoms with E-state index in [1.165, 1.54) is 62.8 Å². The molecule has 0 bridgehead atoms. The Morgan fingerprint density at radius 3 is 2.55 bits per heavy atom. The van der Waals surface area contributed by atoms with Crippen molar-refractivity contribution in [2.75, 3.05) is 37.6 Å². The van der Waals surface area contributed by atoms with Crippen molar-refractivity contribution < 1.29 is 0 Å². The number of anilines is 1. The molecule has 0 atom stereocenters. The van der Waals surface area contributed by atoms with Gasteiger partial charge in [0.05, 0.1) is 29.1 Å². The molecule has 2 aliphatic rings. The van der Waals surface area contributed by atoms with Gasteiger partial charge in [-0.1, -0.05) is 37.3 Å². The third kappa shape index (κ3) is 4.90. The number of nitrogens with zero attached hydrogens (tertiary/aromatic N) is 5. The Bertz CT molecular complexity index is 1490. The molecule has 0 spiro atoms. The number of benzene rings is 1. The molecule has 1 aromatic carbocycles. The zero-order valence-electron chi connectivity index (χ0n) is 22.3. The zero-order chi connectivity index (χ0) is 25.9. The molecule has 0 radical (unpaired) electrons. The maximum absolute atomic E-state index is 5.04. The summed E-state index contributed by atoms with van der Waals surface area (Å²) in [5, 5.41) is 8.93. The van der Waals surface area contributed by atoms with Crippen molar-refractivity contribution in [1.29, 1.82) is 0 Å². The quantitative estimate of drug-likeness (QED) is 0.280. The molecule has 4 aromatic rings. The molecule has 3 aromatic heterocycles. The minimum atomic E-state index is 0.768. The molecule has 196 valence electrons. The summed E-state index contributed by atoms with van der Waals surface area (Å²) in [6.45, 7) is 11.6. The van der Waals surface area contributed by atoms with Crippen molar-refractivity contribution in [2.24, 2.45) is 0 Å². The number of hydrogen-bond acceptors (Lipinski definition) is 5. The van der Waals surface area contributed by atoms with Gasteiger partial charge in [-0.2, -0.15) is 5.10 Å². The molecule has 7 heteroatoms. The van der Waals surface area contributed by atoms with Crippen molar-refractivity contribution in [3.63, 3.8) is 0 Å². The van der Waals surface area contributed by atoms with Crippen LogP contribution in [-0.4, -0.2) is 62.8 Å². The van der Waals surface area contributed by atoms with Crippen molar-refractivity contribution >= 4 is 33.2 Å². The van der Waals surface area contributed by atoms with Gasteiger partial charge in [-0.05, 0) is 81.0 Å². The van der Waals surface area contributed by atoms with Gasteiger partial charge in [-0.3, -0.25) is 15.0 Å². The number of piperidine rings is 2. The van der Waals surface area contributed by atoms with Gasteiger partial charge in [0.25, 0.3) is 0 Å². The minimum Gasteiger partial charge on any atom is -0.368 e. The van der Waals surface area contributed by atoms with Crippen LogP contribution in [0.4, 0.5) is 5.69 Å². The molecular formula is C31H37N7. The number of rotatable bonds is 7. The Kier molecular flexibility index (Phi) is 7.10. The summed E-state index contributed by atoms with van der Waals surface area (Å²) in [6.07, 6.45) is 17.9. The summed E-state index contributed by atoms with van der Waals surface area (Å²) in [4.78, 5) is 18.0. The summed E-state index contributed by atoms with van der Waals surface area (Å²) in [5.41, 5.74) is 8.45. The smallest absolute Gasteiger partial charge is 0.159 e. The number of imidazole rings is 1. The average Bonchev–Trinajstić information content (AvgIpc) is 3.60. The van der Waals surface area contributed by atoms with Gasteiger partial charge in [-0.25, -0.2) is 4.98 Å². The Morgan fingerprint density at radius 1 is 1.00 bits per heavy atom. The first-order valence-corrected chi connectivity index (χ1v) is 14.0. The Labute approximate surface area is 224 Å². The number of nitrogens with one attached hydrogen (secondary N) is 2. The predicted molar refractivity (Wildman–Crippen MR) is 157 cm³/mol. The second kappa shape index (κ2) is 11.0. The lowest BCUT2D eigenvalue weighted by atomic mass is 10.00. The van der Waals surface area contributed by atoms with E-state index < -0.39 is 0 Å². The maximum Gasteiger partial charge on any atom is 0.159 e. The summed E-state index contributed by atoms with van der Waals surface area (Å²) in [6, 6.07) is 6.49. The van der Waals surface area contributed by atoms with Crippen molar-refractivity contribution in [3.05, 3.63) is 66.5 Å². The van der Waals surface area contributed by atoms with Crippen LogP contribution >= 0.6 is 0 Å². The Balaban J connectivity index is 1.33. The van der Waals surface area contributed by atoms with E-state index in [0.717, 1.165) is 64.3 Å². The van der Waals surface area contributed by atoms with Crippen LogP contribution in [0.2, 0.25) is 0 Å². The molecule has 2 fully saturated rings. The number of likely N-dealkylation sites (tertiary alicyclic amines) is 1. The van der Waals surface area contributed by atoms with Gasteiger partial charge in [-0.15, -0.1) is 0 Å². The molecular weight excluding hydrogens is 470 g/mol. The molecule has 2 saturated heterocycles. The van der Waals surface area contributed by atoms with Crippen LogP contribution in [0.5, 0.6) is 0 Å². The Morgan fingerprint density at radius 2 is 1.79 bits per heavy atom.